The van der Waals surface area contributed by atoms with E-state index in [1.807, 2.05) is 30.3 Å². The molecule has 342 valence electrons. The van der Waals surface area contributed by atoms with Gasteiger partial charge in [-0.1, -0.05) is 212 Å². The summed E-state index contributed by atoms with van der Waals surface area (Å²) in [5.74, 6) is 22.1. The van der Waals surface area contributed by atoms with Crippen LogP contribution in [0.5, 0.6) is 0 Å². The summed E-state index contributed by atoms with van der Waals surface area (Å²) in [6.45, 7) is 34.3. The molecule has 0 aliphatic heterocycles. The summed E-state index contributed by atoms with van der Waals surface area (Å²) in [4.78, 5) is 0. The van der Waals surface area contributed by atoms with Crippen LogP contribution >= 0.6 is 0 Å². The Hall–Kier alpha value is -5.22. The molecule has 0 heteroatoms. The summed E-state index contributed by atoms with van der Waals surface area (Å²) in [5.41, 5.74) is 11.9. The van der Waals surface area contributed by atoms with Crippen LogP contribution in [0, 0.1) is 54.3 Å². The second-order valence-electron chi connectivity index (χ2n) is 18.4. The normalized spacial score (nSPS) is 11.4. The summed E-state index contributed by atoms with van der Waals surface area (Å²) in [6, 6.07) is 30.2. The van der Waals surface area contributed by atoms with Crippen molar-refractivity contribution < 1.29 is 0 Å². The average Bonchev–Trinajstić information content (AvgIpc) is 3.31. The van der Waals surface area contributed by atoms with Crippen molar-refractivity contribution >= 4 is 0 Å². The maximum absolute atomic E-state index is 3.54. The Balaban J connectivity index is 0.000000895. The Morgan fingerprint density at radius 3 is 1.64 bits per heavy atom. The number of hydrogen-bond donors (Lipinski definition) is 0. The van der Waals surface area contributed by atoms with Crippen LogP contribution in [0.2, 0.25) is 0 Å². The van der Waals surface area contributed by atoms with Gasteiger partial charge in [0.25, 0.3) is 0 Å². The van der Waals surface area contributed by atoms with Gasteiger partial charge in [0.2, 0.25) is 0 Å². The maximum Gasteiger partial charge on any atom is 0.0408 e. The third-order valence-electron chi connectivity index (χ3n) is 10.9. The molecule has 0 fully saturated rings. The molecule has 5 rings (SSSR count). The number of unbranched alkanes of at least 4 members (excludes halogenated alkanes) is 1. The van der Waals surface area contributed by atoms with Crippen molar-refractivity contribution in [3.8, 4) is 35.5 Å². The van der Waals surface area contributed by atoms with Gasteiger partial charge in [0, 0.05) is 33.7 Å². The van der Waals surface area contributed by atoms with Gasteiger partial charge in [0.15, 0.2) is 0 Å². The summed E-state index contributed by atoms with van der Waals surface area (Å²) < 4.78 is 0. The van der Waals surface area contributed by atoms with Crippen LogP contribution in [0.3, 0.4) is 0 Å². The molecule has 0 spiro atoms. The van der Waals surface area contributed by atoms with Crippen LogP contribution in [0.4, 0.5) is 0 Å². The molecule has 4 aromatic carbocycles. The van der Waals surface area contributed by atoms with Crippen LogP contribution < -0.4 is 0 Å². The van der Waals surface area contributed by atoms with E-state index in [1.165, 1.54) is 66.3 Å². The van der Waals surface area contributed by atoms with Gasteiger partial charge >= 0.3 is 0 Å². The Morgan fingerprint density at radius 2 is 1.17 bits per heavy atom. The SMILES string of the molecule is C1=CCCC=C1.C=CCC.CCC(C)C.CCCC.CCc1cc(C#Cc2cc(C(C)(C)C)ccc2C#Cc2ccc(C#CC(C)C)cc2)cc(CCCC(C)c2ccccc2)c1C. The van der Waals surface area contributed by atoms with Crippen LogP contribution in [-0.4, -0.2) is 0 Å². The lowest BCUT2D eigenvalue weighted by Crippen LogP contribution is -2.11. The molecule has 1 atom stereocenters. The largest absolute Gasteiger partial charge is 0.103 e. The van der Waals surface area contributed by atoms with Crippen LogP contribution in [0.15, 0.2) is 122 Å². The third kappa shape index (κ3) is 24.6. The third-order valence-corrected chi connectivity index (χ3v) is 10.9. The summed E-state index contributed by atoms with van der Waals surface area (Å²) >= 11 is 0. The minimum absolute atomic E-state index is 0.0263. The molecule has 0 nitrogen and oxygen atoms in total. The summed E-state index contributed by atoms with van der Waals surface area (Å²) in [7, 11) is 0. The van der Waals surface area contributed by atoms with Gasteiger partial charge in [-0.25, -0.2) is 0 Å². The Morgan fingerprint density at radius 1 is 0.641 bits per heavy atom. The standard InChI is InChI=1S/C45H48.C6H8.C5H12.C4H10.C4H8/c1-9-39-30-38(31-42(35(39)5)17-13-14-34(4)40-15-11-10-12-16-40)25-27-43-32-44(45(6,7)8)29-28-41(43)26-24-37-22-20-36(21-23-37)19-18-33(2)3;1-2-4-6-5-3-1;1-4-5(2)3;2*1-3-4-2/h10-12,15-16,20-23,28-34H,9,13-14,17H2,1-8H3;1-4H,5-6H2;5H,4H2,1-3H3;3-4H2,1-2H3;3H,1,4H2,2H3. The summed E-state index contributed by atoms with van der Waals surface area (Å²) in [6.07, 6.45) is 22.3. The van der Waals surface area contributed by atoms with Gasteiger partial charge in [0.05, 0.1) is 0 Å². The minimum Gasteiger partial charge on any atom is -0.103 e. The predicted molar refractivity (Wildman–Crippen MR) is 287 cm³/mol. The second kappa shape index (κ2) is 33.3. The molecule has 0 saturated carbocycles. The Bertz CT molecular complexity index is 2130. The van der Waals surface area contributed by atoms with Crippen molar-refractivity contribution in [1.29, 1.82) is 0 Å². The first-order valence-corrected chi connectivity index (χ1v) is 24.5. The van der Waals surface area contributed by atoms with E-state index in [9.17, 15) is 0 Å². The molecular formula is C64H86. The second-order valence-corrected chi connectivity index (χ2v) is 18.4. The van der Waals surface area contributed by atoms with E-state index in [-0.39, 0.29) is 5.41 Å². The van der Waals surface area contributed by atoms with Gasteiger partial charge < -0.3 is 0 Å². The maximum atomic E-state index is 3.54. The van der Waals surface area contributed by atoms with Crippen molar-refractivity contribution in [2.75, 3.05) is 0 Å². The van der Waals surface area contributed by atoms with Crippen molar-refractivity contribution in [2.24, 2.45) is 11.8 Å². The molecule has 0 saturated heterocycles. The van der Waals surface area contributed by atoms with Crippen molar-refractivity contribution in [1.82, 2.24) is 0 Å². The molecule has 0 radical (unpaired) electrons. The first-order chi connectivity index (χ1) is 30.6. The lowest BCUT2D eigenvalue weighted by molar-refractivity contribution is 0.590. The van der Waals surface area contributed by atoms with Crippen LogP contribution in [0.1, 0.15) is 203 Å². The first kappa shape index (κ1) is 56.8. The lowest BCUT2D eigenvalue weighted by Gasteiger charge is -2.19. The zero-order valence-corrected chi connectivity index (χ0v) is 43.0. The van der Waals surface area contributed by atoms with E-state index < -0.39 is 0 Å². The average molecular weight is 855 g/mol. The summed E-state index contributed by atoms with van der Waals surface area (Å²) in [5, 5.41) is 0. The molecular weight excluding hydrogens is 769 g/mol. The van der Waals surface area contributed by atoms with E-state index in [1.54, 1.807) is 0 Å². The van der Waals surface area contributed by atoms with Gasteiger partial charge in [-0.3, -0.25) is 0 Å². The van der Waals surface area contributed by atoms with E-state index in [0.29, 0.717) is 11.8 Å². The molecule has 0 amide bonds. The number of aryl methyl sites for hydroxylation is 2. The molecule has 1 aliphatic rings. The number of rotatable bonds is 9. The van der Waals surface area contributed by atoms with E-state index in [4.69, 9.17) is 0 Å². The van der Waals surface area contributed by atoms with E-state index >= 15 is 0 Å². The highest BCUT2D eigenvalue weighted by Gasteiger charge is 2.15. The van der Waals surface area contributed by atoms with Gasteiger partial charge in [-0.15, -0.1) is 6.58 Å². The quantitative estimate of drug-likeness (QED) is 0.116. The van der Waals surface area contributed by atoms with Crippen molar-refractivity contribution in [3.63, 3.8) is 0 Å². The zero-order valence-electron chi connectivity index (χ0n) is 43.0. The fourth-order valence-electron chi connectivity index (χ4n) is 5.99. The molecule has 0 N–H and O–H groups in total. The van der Waals surface area contributed by atoms with Crippen LogP contribution in [0.25, 0.3) is 0 Å². The molecule has 0 bridgehead atoms. The van der Waals surface area contributed by atoms with E-state index in [2.05, 4.69) is 224 Å². The molecule has 4 aromatic rings. The Labute approximate surface area is 395 Å². The first-order valence-electron chi connectivity index (χ1n) is 24.5. The topological polar surface area (TPSA) is 0 Å². The minimum atomic E-state index is 0.0263. The fraction of sp³-hybridized carbons (Fsp3) is 0.438. The van der Waals surface area contributed by atoms with Crippen molar-refractivity contribution in [3.05, 3.63) is 178 Å². The molecule has 64 heavy (non-hydrogen) atoms. The van der Waals surface area contributed by atoms with Crippen molar-refractivity contribution in [2.45, 2.75) is 172 Å². The number of allylic oxidation sites excluding steroid dienone is 5. The number of benzene rings is 4. The predicted octanol–water partition coefficient (Wildman–Crippen LogP) is 18.1. The molecule has 1 aliphatic carbocycles. The lowest BCUT2D eigenvalue weighted by atomic mass is 9.85. The van der Waals surface area contributed by atoms with Gasteiger partial charge in [-0.2, -0.15) is 0 Å². The van der Waals surface area contributed by atoms with Gasteiger partial charge in [-0.05, 0) is 145 Å². The highest BCUT2D eigenvalue weighted by molar-refractivity contribution is 5.57. The van der Waals surface area contributed by atoms with Crippen LogP contribution in [-0.2, 0) is 18.3 Å². The highest BCUT2D eigenvalue weighted by atomic mass is 14.2. The highest BCUT2D eigenvalue weighted by Crippen LogP contribution is 2.26. The van der Waals surface area contributed by atoms with Gasteiger partial charge in [0.1, 0.15) is 0 Å². The monoisotopic (exact) mass is 855 g/mol. The molecule has 0 heterocycles. The fourth-order valence-corrected chi connectivity index (χ4v) is 5.99. The smallest absolute Gasteiger partial charge is 0.0408 e. The van der Waals surface area contributed by atoms with E-state index in [0.717, 1.165) is 59.4 Å². The Kier molecular flexibility index (Phi) is 29.6. The zero-order chi connectivity index (χ0) is 47.8. The molecule has 1 unspecified atom stereocenters. The number of hydrogen-bond acceptors (Lipinski definition) is 0. The molecule has 0 aromatic heterocycles.